The van der Waals surface area contributed by atoms with E-state index in [-0.39, 0.29) is 11.9 Å². The molecule has 1 aromatic carbocycles. The Balaban J connectivity index is 1.41. The summed E-state index contributed by atoms with van der Waals surface area (Å²) in [6.07, 6.45) is 2.46. The highest BCUT2D eigenvalue weighted by atomic mass is 19.4. The largest absolute Gasteiger partial charge is 0.416 e. The summed E-state index contributed by atoms with van der Waals surface area (Å²) in [7, 11) is 0. The number of amides is 1. The molecule has 2 aliphatic heterocycles. The van der Waals surface area contributed by atoms with Crippen LogP contribution >= 0.6 is 0 Å². The van der Waals surface area contributed by atoms with Gasteiger partial charge in [-0.3, -0.25) is 14.7 Å². The molecule has 0 unspecified atom stereocenters. The summed E-state index contributed by atoms with van der Waals surface area (Å²) < 4.78 is 40.1. The van der Waals surface area contributed by atoms with E-state index in [0.29, 0.717) is 24.6 Å². The van der Waals surface area contributed by atoms with Gasteiger partial charge in [-0.05, 0) is 55.2 Å². The lowest BCUT2D eigenvalue weighted by atomic mass is 9.82. The molecule has 176 valence electrons. The summed E-state index contributed by atoms with van der Waals surface area (Å²) in [5.74, 6) is -0.527. The van der Waals surface area contributed by atoms with E-state index in [4.69, 9.17) is 0 Å². The van der Waals surface area contributed by atoms with Gasteiger partial charge in [-0.1, -0.05) is 18.9 Å². The molecule has 3 aliphatic rings. The normalized spacial score (nSPS) is 23.8. The van der Waals surface area contributed by atoms with Crippen LogP contribution in [-0.4, -0.2) is 47.5 Å². The number of anilines is 1. The van der Waals surface area contributed by atoms with Gasteiger partial charge in [0, 0.05) is 37.6 Å². The van der Waals surface area contributed by atoms with Gasteiger partial charge < -0.3 is 10.2 Å². The van der Waals surface area contributed by atoms with Crippen molar-refractivity contribution in [3.05, 3.63) is 59.4 Å². The third-order valence-corrected chi connectivity index (χ3v) is 7.42. The smallest absolute Gasteiger partial charge is 0.365 e. The number of aromatic nitrogens is 1. The molecule has 0 radical (unpaired) electrons. The van der Waals surface area contributed by atoms with Gasteiger partial charge >= 0.3 is 6.18 Å². The Morgan fingerprint density at radius 1 is 1.12 bits per heavy atom. The first-order valence-electron chi connectivity index (χ1n) is 11.8. The van der Waals surface area contributed by atoms with Crippen molar-refractivity contribution in [2.24, 2.45) is 5.92 Å². The minimum absolute atomic E-state index is 0.0488. The summed E-state index contributed by atoms with van der Waals surface area (Å²) in [6, 6.07) is 10.0. The van der Waals surface area contributed by atoms with Crippen molar-refractivity contribution in [3.63, 3.8) is 0 Å². The van der Waals surface area contributed by atoms with E-state index in [1.54, 1.807) is 12.3 Å². The maximum absolute atomic E-state index is 13.4. The third-order valence-electron chi connectivity index (χ3n) is 7.42. The van der Waals surface area contributed by atoms with Crippen LogP contribution in [0.5, 0.6) is 0 Å². The van der Waals surface area contributed by atoms with E-state index in [2.05, 4.69) is 20.1 Å². The number of hydrogen-bond acceptors (Lipinski definition) is 4. The number of nitrogens with zero attached hydrogens (tertiary/aromatic N) is 3. The number of nitrogens with one attached hydrogen (secondary N) is 1. The third kappa shape index (κ3) is 4.58. The molecular formula is C25H29F3N4O. The van der Waals surface area contributed by atoms with Gasteiger partial charge in [-0.15, -0.1) is 0 Å². The van der Waals surface area contributed by atoms with Gasteiger partial charge in [0.1, 0.15) is 0 Å². The van der Waals surface area contributed by atoms with Crippen LogP contribution in [0.4, 0.5) is 18.9 Å². The maximum atomic E-state index is 13.4. The minimum atomic E-state index is -4.40. The monoisotopic (exact) mass is 458 g/mol. The van der Waals surface area contributed by atoms with E-state index < -0.39 is 17.7 Å². The Kier molecular flexibility index (Phi) is 6.03. The first-order chi connectivity index (χ1) is 15.9. The number of piperazine rings is 1. The van der Waals surface area contributed by atoms with Crippen LogP contribution in [0.25, 0.3) is 0 Å². The number of pyridine rings is 1. The number of rotatable bonds is 4. The topological polar surface area (TPSA) is 48.5 Å². The standard InChI is InChI=1S/C25H29F3N4O/c26-25(27,28)18-8-9-22-17(13-18)14-21(24(33)30-15-19-5-3-4-10-29-19)23-16-31(11-12-32(22)23)20-6-1-2-7-20/h3-5,8-10,13,20-21,23H,1-2,6-7,11-12,14-16H2,(H,30,33)/t21-,23+/m1/s1. The SMILES string of the molecule is O=C(NCc1ccccn1)[C@@H]1Cc2cc(C(F)(F)F)ccc2N2CCN(C3CCCC3)C[C@@H]12. The first-order valence-corrected chi connectivity index (χ1v) is 11.8. The lowest BCUT2D eigenvalue weighted by Crippen LogP contribution is -2.62. The van der Waals surface area contributed by atoms with E-state index in [1.807, 2.05) is 18.2 Å². The van der Waals surface area contributed by atoms with Crippen molar-refractivity contribution in [2.45, 2.75) is 56.9 Å². The Bertz CT molecular complexity index is 991. The molecule has 2 aromatic rings. The van der Waals surface area contributed by atoms with Crippen molar-refractivity contribution in [3.8, 4) is 0 Å². The van der Waals surface area contributed by atoms with E-state index >= 15 is 0 Å². The molecule has 1 aromatic heterocycles. The van der Waals surface area contributed by atoms with Crippen LogP contribution in [0, 0.1) is 5.92 Å². The second-order valence-electron chi connectivity index (χ2n) is 9.38. The highest BCUT2D eigenvalue weighted by Gasteiger charge is 2.43. The van der Waals surface area contributed by atoms with Gasteiger partial charge in [0.15, 0.2) is 0 Å². The van der Waals surface area contributed by atoms with E-state index in [0.717, 1.165) is 31.0 Å². The number of benzene rings is 1. The molecule has 0 bridgehead atoms. The van der Waals surface area contributed by atoms with Crippen LogP contribution in [0.3, 0.4) is 0 Å². The summed E-state index contributed by atoms with van der Waals surface area (Å²) >= 11 is 0. The molecule has 33 heavy (non-hydrogen) atoms. The first kappa shape index (κ1) is 22.2. The Labute approximate surface area is 192 Å². The van der Waals surface area contributed by atoms with Crippen molar-refractivity contribution in [1.29, 1.82) is 0 Å². The quantitative estimate of drug-likeness (QED) is 0.752. The van der Waals surface area contributed by atoms with Gasteiger partial charge in [-0.25, -0.2) is 0 Å². The molecule has 1 aliphatic carbocycles. The Hall–Kier alpha value is -2.61. The van der Waals surface area contributed by atoms with E-state index in [9.17, 15) is 18.0 Å². The molecule has 5 nitrogen and oxygen atoms in total. The fourth-order valence-corrected chi connectivity index (χ4v) is 5.73. The molecular weight excluding hydrogens is 429 g/mol. The number of halogens is 3. The molecule has 1 N–H and O–H groups in total. The summed E-state index contributed by atoms with van der Waals surface area (Å²) in [5.41, 5.74) is 1.55. The van der Waals surface area contributed by atoms with Gasteiger partial charge in [-0.2, -0.15) is 13.2 Å². The average Bonchev–Trinajstić information content (AvgIpc) is 3.36. The van der Waals surface area contributed by atoms with Crippen LogP contribution < -0.4 is 10.2 Å². The summed E-state index contributed by atoms with van der Waals surface area (Å²) in [4.78, 5) is 22.3. The van der Waals surface area contributed by atoms with Gasteiger partial charge in [0.25, 0.3) is 0 Å². The average molecular weight is 459 g/mol. The molecule has 0 spiro atoms. The number of alkyl halides is 3. The van der Waals surface area contributed by atoms with Gasteiger partial charge in [0.05, 0.1) is 29.8 Å². The van der Waals surface area contributed by atoms with Crippen LogP contribution in [0.15, 0.2) is 42.6 Å². The van der Waals surface area contributed by atoms with Crippen LogP contribution in [-0.2, 0) is 23.9 Å². The molecule has 1 saturated heterocycles. The molecule has 2 atom stereocenters. The maximum Gasteiger partial charge on any atom is 0.416 e. The van der Waals surface area contributed by atoms with Crippen molar-refractivity contribution >= 4 is 11.6 Å². The second kappa shape index (κ2) is 8.97. The highest BCUT2D eigenvalue weighted by Crippen LogP contribution is 2.40. The zero-order valence-corrected chi connectivity index (χ0v) is 18.5. The fourth-order valence-electron chi connectivity index (χ4n) is 5.73. The molecule has 2 fully saturated rings. The van der Waals surface area contributed by atoms with E-state index in [1.165, 1.54) is 37.8 Å². The van der Waals surface area contributed by atoms with Gasteiger partial charge in [0.2, 0.25) is 5.91 Å². The lowest BCUT2D eigenvalue weighted by molar-refractivity contribution is -0.137. The van der Waals surface area contributed by atoms with Crippen molar-refractivity contribution in [1.82, 2.24) is 15.2 Å². The Morgan fingerprint density at radius 3 is 2.67 bits per heavy atom. The summed E-state index contributed by atoms with van der Waals surface area (Å²) in [5, 5.41) is 2.99. The van der Waals surface area contributed by atoms with Crippen LogP contribution in [0.2, 0.25) is 0 Å². The molecule has 1 saturated carbocycles. The number of carbonyl (C=O) groups excluding carboxylic acids is 1. The predicted molar refractivity (Wildman–Crippen MR) is 120 cm³/mol. The molecule has 8 heteroatoms. The van der Waals surface area contributed by atoms with Crippen molar-refractivity contribution < 1.29 is 18.0 Å². The predicted octanol–water partition coefficient (Wildman–Crippen LogP) is 4.02. The number of carbonyl (C=O) groups is 1. The number of fused-ring (bicyclic) bond motifs is 3. The minimum Gasteiger partial charge on any atom is -0.365 e. The number of hydrogen-bond donors (Lipinski definition) is 1. The Morgan fingerprint density at radius 2 is 1.94 bits per heavy atom. The second-order valence-corrected chi connectivity index (χ2v) is 9.38. The molecule has 5 rings (SSSR count). The zero-order chi connectivity index (χ0) is 23.0. The zero-order valence-electron chi connectivity index (χ0n) is 18.5. The lowest BCUT2D eigenvalue weighted by Gasteiger charge is -2.50. The van der Waals surface area contributed by atoms with Crippen molar-refractivity contribution in [2.75, 3.05) is 24.5 Å². The molecule has 3 heterocycles. The fraction of sp³-hybridized carbons (Fsp3) is 0.520. The summed E-state index contributed by atoms with van der Waals surface area (Å²) in [6.45, 7) is 2.69. The highest BCUT2D eigenvalue weighted by molar-refractivity contribution is 5.82. The molecule has 1 amide bonds. The van der Waals surface area contributed by atoms with Crippen LogP contribution in [0.1, 0.15) is 42.5 Å².